The second kappa shape index (κ2) is 9.09. The summed E-state index contributed by atoms with van der Waals surface area (Å²) in [4.78, 5) is 12.2. The van der Waals surface area contributed by atoms with Crippen LogP contribution in [0.1, 0.15) is 32.3 Å². The summed E-state index contributed by atoms with van der Waals surface area (Å²) >= 11 is 0. The fourth-order valence-corrected chi connectivity index (χ4v) is 2.55. The van der Waals surface area contributed by atoms with Crippen LogP contribution in [0, 0.1) is 11.3 Å². The number of ether oxygens (including phenoxy) is 3. The summed E-state index contributed by atoms with van der Waals surface area (Å²) in [6.07, 6.45) is 3.53. The number of nitrogens with zero attached hydrogens (tertiary/aromatic N) is 1. The number of amides is 1. The Morgan fingerprint density at radius 3 is 2.88 bits per heavy atom. The second-order valence-electron chi connectivity index (χ2n) is 6.09. The molecule has 1 saturated heterocycles. The monoisotopic (exact) mass is 344 g/mol. The molecular weight excluding hydrogens is 320 g/mol. The van der Waals surface area contributed by atoms with Crippen molar-refractivity contribution >= 4 is 12.0 Å². The molecule has 134 valence electrons. The standard InChI is InChI=1S/C19H24N2O4/c1-13(2)25-17-7-6-14(10-18(17)23-3)9-15(11-20)19(22)21-12-16-5-4-8-24-16/h6-7,9-10,13,16H,4-5,8,12H2,1-3H3,(H,21,22)/b15-9-/t16-/m1/s1. The van der Waals surface area contributed by atoms with Crippen LogP contribution in [0.3, 0.4) is 0 Å². The Morgan fingerprint density at radius 2 is 2.28 bits per heavy atom. The first kappa shape index (κ1) is 18.8. The molecule has 6 heteroatoms. The molecule has 1 amide bonds. The zero-order valence-corrected chi connectivity index (χ0v) is 14.9. The number of benzene rings is 1. The van der Waals surface area contributed by atoms with Gasteiger partial charge in [0.25, 0.3) is 5.91 Å². The summed E-state index contributed by atoms with van der Waals surface area (Å²) in [5.74, 6) is 0.773. The summed E-state index contributed by atoms with van der Waals surface area (Å²) in [7, 11) is 1.55. The third-order valence-corrected chi connectivity index (χ3v) is 3.74. The number of methoxy groups -OCH3 is 1. The number of hydrogen-bond acceptors (Lipinski definition) is 5. The lowest BCUT2D eigenvalue weighted by atomic mass is 10.1. The fraction of sp³-hybridized carbons (Fsp3) is 0.474. The lowest BCUT2D eigenvalue weighted by Crippen LogP contribution is -2.32. The van der Waals surface area contributed by atoms with Gasteiger partial charge in [0.1, 0.15) is 11.6 Å². The van der Waals surface area contributed by atoms with Gasteiger partial charge >= 0.3 is 0 Å². The summed E-state index contributed by atoms with van der Waals surface area (Å²) < 4.78 is 16.4. The highest BCUT2D eigenvalue weighted by Crippen LogP contribution is 2.29. The third-order valence-electron chi connectivity index (χ3n) is 3.74. The van der Waals surface area contributed by atoms with Crippen LogP contribution in [0.25, 0.3) is 6.08 Å². The van der Waals surface area contributed by atoms with Gasteiger partial charge in [-0.3, -0.25) is 4.79 Å². The average Bonchev–Trinajstić information content (AvgIpc) is 3.11. The quantitative estimate of drug-likeness (QED) is 0.607. The van der Waals surface area contributed by atoms with E-state index >= 15 is 0 Å². The molecule has 6 nitrogen and oxygen atoms in total. The van der Waals surface area contributed by atoms with E-state index in [1.165, 1.54) is 6.08 Å². The molecule has 1 aliphatic heterocycles. The van der Waals surface area contributed by atoms with E-state index in [1.54, 1.807) is 25.3 Å². The van der Waals surface area contributed by atoms with Gasteiger partial charge in [-0.05, 0) is 50.5 Å². The van der Waals surface area contributed by atoms with Gasteiger partial charge in [-0.15, -0.1) is 0 Å². The Balaban J connectivity index is 2.09. The molecule has 1 N–H and O–H groups in total. The van der Waals surface area contributed by atoms with Gasteiger partial charge in [0.05, 0.1) is 19.3 Å². The van der Waals surface area contributed by atoms with Gasteiger partial charge in [0, 0.05) is 13.2 Å². The summed E-state index contributed by atoms with van der Waals surface area (Å²) in [6, 6.07) is 7.24. The van der Waals surface area contributed by atoms with E-state index < -0.39 is 5.91 Å². The number of nitrogens with one attached hydrogen (secondary N) is 1. The molecule has 0 unspecified atom stereocenters. The van der Waals surface area contributed by atoms with Crippen LogP contribution in [0.4, 0.5) is 0 Å². The van der Waals surface area contributed by atoms with Crippen LogP contribution in [0.15, 0.2) is 23.8 Å². The number of carbonyl (C=O) groups is 1. The molecule has 0 saturated carbocycles. The van der Waals surface area contributed by atoms with E-state index in [-0.39, 0.29) is 17.8 Å². The van der Waals surface area contributed by atoms with Crippen molar-refractivity contribution in [3.63, 3.8) is 0 Å². The molecule has 1 atom stereocenters. The lowest BCUT2D eigenvalue weighted by molar-refractivity contribution is -0.117. The summed E-state index contributed by atoms with van der Waals surface area (Å²) in [6.45, 7) is 5.01. The maximum Gasteiger partial charge on any atom is 0.262 e. The average molecular weight is 344 g/mol. The van der Waals surface area contributed by atoms with Crippen molar-refractivity contribution in [3.05, 3.63) is 29.3 Å². The van der Waals surface area contributed by atoms with E-state index in [9.17, 15) is 10.1 Å². The van der Waals surface area contributed by atoms with Crippen molar-refractivity contribution in [3.8, 4) is 17.6 Å². The van der Waals surface area contributed by atoms with E-state index in [2.05, 4.69) is 5.32 Å². The molecule has 0 radical (unpaired) electrons. The van der Waals surface area contributed by atoms with E-state index in [0.717, 1.165) is 19.4 Å². The molecule has 1 aromatic carbocycles. The van der Waals surface area contributed by atoms with Crippen molar-refractivity contribution < 1.29 is 19.0 Å². The second-order valence-corrected chi connectivity index (χ2v) is 6.09. The van der Waals surface area contributed by atoms with Crippen molar-refractivity contribution in [1.29, 1.82) is 5.26 Å². The van der Waals surface area contributed by atoms with Gasteiger partial charge in [-0.1, -0.05) is 6.07 Å². The zero-order chi connectivity index (χ0) is 18.2. The molecule has 0 aliphatic carbocycles. The fourth-order valence-electron chi connectivity index (χ4n) is 2.55. The molecule has 25 heavy (non-hydrogen) atoms. The largest absolute Gasteiger partial charge is 0.493 e. The predicted molar refractivity (Wildman–Crippen MR) is 94.3 cm³/mol. The maximum absolute atomic E-state index is 12.2. The lowest BCUT2D eigenvalue weighted by Gasteiger charge is -2.14. The van der Waals surface area contributed by atoms with Gasteiger partial charge < -0.3 is 19.5 Å². The Labute approximate surface area is 148 Å². The summed E-state index contributed by atoms with van der Waals surface area (Å²) in [5, 5.41) is 12.0. The molecule has 1 aromatic rings. The van der Waals surface area contributed by atoms with Crippen LogP contribution in [0.2, 0.25) is 0 Å². The molecule has 0 aromatic heterocycles. The van der Waals surface area contributed by atoms with Gasteiger partial charge in [0.15, 0.2) is 11.5 Å². The van der Waals surface area contributed by atoms with Gasteiger partial charge in [-0.25, -0.2) is 0 Å². The first-order chi connectivity index (χ1) is 12.0. The highest BCUT2D eigenvalue weighted by atomic mass is 16.5. The zero-order valence-electron chi connectivity index (χ0n) is 14.9. The highest BCUT2D eigenvalue weighted by Gasteiger charge is 2.17. The Kier molecular flexibility index (Phi) is 6.84. The minimum absolute atomic E-state index is 0.0218. The molecule has 1 fully saturated rings. The van der Waals surface area contributed by atoms with E-state index in [4.69, 9.17) is 14.2 Å². The van der Waals surface area contributed by atoms with Crippen LogP contribution in [-0.4, -0.2) is 38.4 Å². The van der Waals surface area contributed by atoms with E-state index in [0.29, 0.717) is 23.6 Å². The topological polar surface area (TPSA) is 80.6 Å². The highest BCUT2D eigenvalue weighted by molar-refractivity contribution is 6.01. The maximum atomic E-state index is 12.2. The Bertz CT molecular complexity index is 670. The van der Waals surface area contributed by atoms with Crippen LogP contribution in [-0.2, 0) is 9.53 Å². The minimum atomic E-state index is -0.403. The number of hydrogen-bond donors (Lipinski definition) is 1. The molecular formula is C19H24N2O4. The van der Waals surface area contributed by atoms with Crippen LogP contribution in [0.5, 0.6) is 11.5 Å². The van der Waals surface area contributed by atoms with Crippen molar-refractivity contribution in [2.24, 2.45) is 0 Å². The van der Waals surface area contributed by atoms with E-state index in [1.807, 2.05) is 19.9 Å². The first-order valence-corrected chi connectivity index (χ1v) is 8.39. The first-order valence-electron chi connectivity index (χ1n) is 8.39. The SMILES string of the molecule is COc1cc(/C=C(/C#N)C(=O)NC[C@H]2CCCO2)ccc1OC(C)C. The van der Waals surface area contributed by atoms with Crippen LogP contribution >= 0.6 is 0 Å². The normalized spacial score (nSPS) is 17.2. The Hall–Kier alpha value is -2.52. The minimum Gasteiger partial charge on any atom is -0.493 e. The van der Waals surface area contributed by atoms with Crippen molar-refractivity contribution in [2.45, 2.75) is 38.9 Å². The van der Waals surface area contributed by atoms with Crippen molar-refractivity contribution in [2.75, 3.05) is 20.3 Å². The number of carbonyl (C=O) groups excluding carboxylic acids is 1. The molecule has 1 heterocycles. The number of nitriles is 1. The van der Waals surface area contributed by atoms with Gasteiger partial charge in [-0.2, -0.15) is 5.26 Å². The smallest absolute Gasteiger partial charge is 0.262 e. The predicted octanol–water partition coefficient (Wildman–Crippen LogP) is 2.68. The Morgan fingerprint density at radius 1 is 1.48 bits per heavy atom. The molecule has 0 spiro atoms. The van der Waals surface area contributed by atoms with Crippen molar-refractivity contribution in [1.82, 2.24) is 5.32 Å². The molecule has 1 aliphatic rings. The van der Waals surface area contributed by atoms with Crippen LogP contribution < -0.4 is 14.8 Å². The molecule has 0 bridgehead atoms. The molecule has 2 rings (SSSR count). The number of rotatable bonds is 7. The third kappa shape index (κ3) is 5.50. The summed E-state index contributed by atoms with van der Waals surface area (Å²) in [5.41, 5.74) is 0.731. The van der Waals surface area contributed by atoms with Gasteiger partial charge in [0.2, 0.25) is 0 Å².